The van der Waals surface area contributed by atoms with E-state index in [0.717, 1.165) is 35.3 Å². The van der Waals surface area contributed by atoms with Crippen LogP contribution in [0.3, 0.4) is 0 Å². The molecule has 0 saturated carbocycles. The van der Waals surface area contributed by atoms with Gasteiger partial charge in [-0.05, 0) is 55.7 Å². The third-order valence-electron chi connectivity index (χ3n) is 6.29. The van der Waals surface area contributed by atoms with Crippen LogP contribution in [0, 0.1) is 12.8 Å². The highest BCUT2D eigenvalue weighted by Gasteiger charge is 2.29. The summed E-state index contributed by atoms with van der Waals surface area (Å²) in [5, 5.41) is 7.38. The highest BCUT2D eigenvalue weighted by Crippen LogP contribution is 2.24. The van der Waals surface area contributed by atoms with Gasteiger partial charge < -0.3 is 10.2 Å². The quantitative estimate of drug-likeness (QED) is 0.462. The molecule has 176 valence electrons. The lowest BCUT2D eigenvalue weighted by molar-refractivity contribution is -0.121. The number of benzene rings is 2. The van der Waals surface area contributed by atoms with Gasteiger partial charge in [-0.15, -0.1) is 0 Å². The van der Waals surface area contributed by atoms with E-state index in [1.54, 1.807) is 23.4 Å². The summed E-state index contributed by atoms with van der Waals surface area (Å²) in [6.07, 6.45) is 5.01. The SMILES string of the molecule is Cc1ccc(NC(=O)C2CCCN(C(=O)c3cccc(-n4nccc4-c4ccccc4)c3)C2)nc1. The molecule has 1 fully saturated rings. The minimum Gasteiger partial charge on any atom is -0.338 e. The molecule has 1 N–H and O–H groups in total. The van der Waals surface area contributed by atoms with Crippen molar-refractivity contribution in [1.82, 2.24) is 19.7 Å². The smallest absolute Gasteiger partial charge is 0.253 e. The van der Waals surface area contributed by atoms with Crippen LogP contribution in [0.4, 0.5) is 5.82 Å². The van der Waals surface area contributed by atoms with Gasteiger partial charge in [-0.3, -0.25) is 9.59 Å². The van der Waals surface area contributed by atoms with Crippen LogP contribution in [-0.2, 0) is 4.79 Å². The number of hydrogen-bond acceptors (Lipinski definition) is 4. The van der Waals surface area contributed by atoms with E-state index >= 15 is 0 Å². The van der Waals surface area contributed by atoms with Crippen LogP contribution in [0.15, 0.2) is 85.2 Å². The third kappa shape index (κ3) is 4.99. The number of pyridine rings is 1. The molecule has 2 aromatic heterocycles. The molecular formula is C28H27N5O2. The van der Waals surface area contributed by atoms with Gasteiger partial charge in [-0.2, -0.15) is 5.10 Å². The normalized spacial score (nSPS) is 15.6. The summed E-state index contributed by atoms with van der Waals surface area (Å²) in [6, 6.07) is 23.2. The van der Waals surface area contributed by atoms with E-state index in [1.165, 1.54) is 0 Å². The minimum absolute atomic E-state index is 0.0776. The van der Waals surface area contributed by atoms with E-state index in [2.05, 4.69) is 15.4 Å². The van der Waals surface area contributed by atoms with Gasteiger partial charge in [0.25, 0.3) is 5.91 Å². The number of amides is 2. The number of nitrogens with zero attached hydrogens (tertiary/aromatic N) is 4. The van der Waals surface area contributed by atoms with Gasteiger partial charge in [0.1, 0.15) is 5.82 Å². The summed E-state index contributed by atoms with van der Waals surface area (Å²) in [5.41, 5.74) is 4.43. The lowest BCUT2D eigenvalue weighted by atomic mass is 9.96. The fourth-order valence-electron chi connectivity index (χ4n) is 4.44. The van der Waals surface area contributed by atoms with Crippen molar-refractivity contribution in [3.63, 3.8) is 0 Å². The summed E-state index contributed by atoms with van der Waals surface area (Å²) in [5.74, 6) is 0.0860. The largest absolute Gasteiger partial charge is 0.338 e. The molecule has 1 unspecified atom stereocenters. The Bertz CT molecular complexity index is 1330. The summed E-state index contributed by atoms with van der Waals surface area (Å²) in [4.78, 5) is 32.3. The number of aromatic nitrogens is 3. The van der Waals surface area contributed by atoms with Crippen LogP contribution in [-0.4, -0.2) is 44.6 Å². The van der Waals surface area contributed by atoms with Gasteiger partial charge in [0.2, 0.25) is 5.91 Å². The van der Waals surface area contributed by atoms with Gasteiger partial charge in [-0.1, -0.05) is 42.5 Å². The predicted molar refractivity (Wildman–Crippen MR) is 135 cm³/mol. The molecule has 0 bridgehead atoms. The van der Waals surface area contributed by atoms with E-state index < -0.39 is 0 Å². The molecule has 7 nitrogen and oxygen atoms in total. The average molecular weight is 466 g/mol. The van der Waals surface area contributed by atoms with Crippen molar-refractivity contribution >= 4 is 17.6 Å². The topological polar surface area (TPSA) is 80.1 Å². The van der Waals surface area contributed by atoms with Crippen LogP contribution in [0.2, 0.25) is 0 Å². The van der Waals surface area contributed by atoms with Gasteiger partial charge in [0.15, 0.2) is 0 Å². The van der Waals surface area contributed by atoms with Crippen molar-refractivity contribution in [2.75, 3.05) is 18.4 Å². The van der Waals surface area contributed by atoms with Crippen molar-refractivity contribution < 1.29 is 9.59 Å². The van der Waals surface area contributed by atoms with Crippen LogP contribution in [0.1, 0.15) is 28.8 Å². The van der Waals surface area contributed by atoms with E-state index in [9.17, 15) is 9.59 Å². The van der Waals surface area contributed by atoms with Gasteiger partial charge in [-0.25, -0.2) is 9.67 Å². The zero-order chi connectivity index (χ0) is 24.2. The number of likely N-dealkylation sites (tertiary alicyclic amines) is 1. The lowest BCUT2D eigenvalue weighted by Crippen LogP contribution is -2.43. The van der Waals surface area contributed by atoms with Crippen molar-refractivity contribution in [3.05, 3.63) is 96.3 Å². The van der Waals surface area contributed by atoms with E-state index in [4.69, 9.17) is 0 Å². The molecule has 1 aliphatic rings. The van der Waals surface area contributed by atoms with Crippen molar-refractivity contribution in [3.8, 4) is 16.9 Å². The number of carbonyl (C=O) groups excluding carboxylic acids is 2. The average Bonchev–Trinajstić information content (AvgIpc) is 3.40. The molecule has 4 aromatic rings. The Morgan fingerprint density at radius 2 is 1.86 bits per heavy atom. The number of carbonyl (C=O) groups is 2. The molecule has 1 aliphatic heterocycles. The van der Waals surface area contributed by atoms with Crippen LogP contribution < -0.4 is 5.32 Å². The second kappa shape index (κ2) is 9.93. The second-order valence-corrected chi connectivity index (χ2v) is 8.84. The number of aryl methyl sites for hydroxylation is 1. The number of piperidine rings is 1. The van der Waals surface area contributed by atoms with Gasteiger partial charge in [0, 0.05) is 30.4 Å². The first kappa shape index (κ1) is 22.5. The molecular weight excluding hydrogens is 438 g/mol. The Balaban J connectivity index is 1.31. The molecule has 5 rings (SSSR count). The third-order valence-corrected chi connectivity index (χ3v) is 6.29. The Morgan fingerprint density at radius 3 is 2.66 bits per heavy atom. The molecule has 1 saturated heterocycles. The monoisotopic (exact) mass is 465 g/mol. The Hall–Kier alpha value is -4.26. The van der Waals surface area contributed by atoms with Crippen LogP contribution in [0.25, 0.3) is 16.9 Å². The van der Waals surface area contributed by atoms with Crippen LogP contribution >= 0.6 is 0 Å². The summed E-state index contributed by atoms with van der Waals surface area (Å²) in [7, 11) is 0. The molecule has 0 aliphatic carbocycles. The number of nitrogens with one attached hydrogen (secondary N) is 1. The van der Waals surface area contributed by atoms with E-state index in [-0.39, 0.29) is 17.7 Å². The number of rotatable bonds is 5. The molecule has 2 amide bonds. The molecule has 3 heterocycles. The molecule has 7 heteroatoms. The summed E-state index contributed by atoms with van der Waals surface area (Å²) < 4.78 is 1.84. The molecule has 1 atom stereocenters. The number of anilines is 1. The molecule has 0 radical (unpaired) electrons. The maximum Gasteiger partial charge on any atom is 0.253 e. The molecule has 0 spiro atoms. The zero-order valence-electron chi connectivity index (χ0n) is 19.6. The lowest BCUT2D eigenvalue weighted by Gasteiger charge is -2.32. The standard InChI is InChI=1S/C28H27N5O2/c1-20-12-13-26(29-18-20)31-27(34)23-10-6-16-32(19-23)28(35)22-9-5-11-24(17-22)33-25(14-15-30-33)21-7-3-2-4-8-21/h2-5,7-9,11-15,17-18,23H,6,10,16,19H2,1H3,(H,29,31,34). The summed E-state index contributed by atoms with van der Waals surface area (Å²) in [6.45, 7) is 2.97. The van der Waals surface area contributed by atoms with E-state index in [1.807, 2.05) is 78.3 Å². The first-order valence-electron chi connectivity index (χ1n) is 11.8. The van der Waals surface area contributed by atoms with Crippen molar-refractivity contribution in [2.45, 2.75) is 19.8 Å². The van der Waals surface area contributed by atoms with Gasteiger partial charge in [0.05, 0.1) is 23.5 Å². The predicted octanol–water partition coefficient (Wildman–Crippen LogP) is 4.73. The van der Waals surface area contributed by atoms with Crippen molar-refractivity contribution in [2.24, 2.45) is 5.92 Å². The van der Waals surface area contributed by atoms with E-state index in [0.29, 0.717) is 24.5 Å². The Labute approximate surface area is 204 Å². The Kier molecular flexibility index (Phi) is 6.39. The van der Waals surface area contributed by atoms with Crippen molar-refractivity contribution in [1.29, 1.82) is 0 Å². The zero-order valence-corrected chi connectivity index (χ0v) is 19.6. The first-order chi connectivity index (χ1) is 17.1. The molecule has 2 aromatic carbocycles. The van der Waals surface area contributed by atoms with Crippen LogP contribution in [0.5, 0.6) is 0 Å². The molecule has 35 heavy (non-hydrogen) atoms. The highest BCUT2D eigenvalue weighted by atomic mass is 16.2. The maximum atomic E-state index is 13.4. The summed E-state index contributed by atoms with van der Waals surface area (Å²) >= 11 is 0. The second-order valence-electron chi connectivity index (χ2n) is 8.84. The fraction of sp³-hybridized carbons (Fsp3) is 0.214. The first-order valence-corrected chi connectivity index (χ1v) is 11.8. The van der Waals surface area contributed by atoms with Gasteiger partial charge >= 0.3 is 0 Å². The fourth-order valence-corrected chi connectivity index (χ4v) is 4.44. The highest BCUT2D eigenvalue weighted by molar-refractivity contribution is 5.96. The maximum absolute atomic E-state index is 13.4. The Morgan fingerprint density at radius 1 is 1.00 bits per heavy atom. The number of hydrogen-bond donors (Lipinski definition) is 1. The minimum atomic E-state index is -0.269.